The first-order valence-electron chi connectivity index (χ1n) is 4.43. The van der Waals surface area contributed by atoms with E-state index in [1.807, 2.05) is 12.1 Å². The highest BCUT2D eigenvalue weighted by molar-refractivity contribution is 7.80. The van der Waals surface area contributed by atoms with Crippen LogP contribution in [0.1, 0.15) is 12.0 Å². The van der Waals surface area contributed by atoms with E-state index >= 15 is 0 Å². The number of hydrogen-bond donors (Lipinski definition) is 2. The standard InChI is InChI=1S/C9H13NO4S/c10-9-5-3-8(4-6-9)2-1-7-14-15(11,12)13/h3-6H,1-2,7,10H2,(H,11,12,13). The van der Waals surface area contributed by atoms with Crippen LogP contribution in [0.5, 0.6) is 0 Å². The van der Waals surface area contributed by atoms with E-state index in [-0.39, 0.29) is 6.61 Å². The molecule has 0 atom stereocenters. The highest BCUT2D eigenvalue weighted by Crippen LogP contribution is 2.07. The van der Waals surface area contributed by atoms with Crippen molar-refractivity contribution in [2.45, 2.75) is 12.8 Å². The molecule has 0 heterocycles. The zero-order valence-electron chi connectivity index (χ0n) is 8.09. The van der Waals surface area contributed by atoms with E-state index in [2.05, 4.69) is 4.18 Å². The zero-order valence-corrected chi connectivity index (χ0v) is 8.90. The molecule has 5 nitrogen and oxygen atoms in total. The fourth-order valence-corrected chi connectivity index (χ4v) is 1.45. The van der Waals surface area contributed by atoms with Crippen LogP contribution in [0, 0.1) is 0 Å². The Labute approximate surface area is 88.8 Å². The third-order valence-electron chi connectivity index (χ3n) is 1.82. The van der Waals surface area contributed by atoms with Crippen LogP contribution in [0.15, 0.2) is 24.3 Å². The summed E-state index contributed by atoms with van der Waals surface area (Å²) in [5.74, 6) is 0. The SMILES string of the molecule is Nc1ccc(CCCOS(=O)(=O)O)cc1. The Morgan fingerprint density at radius 1 is 1.27 bits per heavy atom. The van der Waals surface area contributed by atoms with Gasteiger partial charge in [0.15, 0.2) is 0 Å². The minimum Gasteiger partial charge on any atom is -0.399 e. The topological polar surface area (TPSA) is 89.6 Å². The third-order valence-corrected chi connectivity index (χ3v) is 2.29. The molecule has 0 aliphatic rings. The van der Waals surface area contributed by atoms with Gasteiger partial charge in [-0.2, -0.15) is 8.42 Å². The molecular weight excluding hydrogens is 218 g/mol. The van der Waals surface area contributed by atoms with Gasteiger partial charge < -0.3 is 5.73 Å². The van der Waals surface area contributed by atoms with Gasteiger partial charge in [0.05, 0.1) is 6.61 Å². The molecule has 15 heavy (non-hydrogen) atoms. The molecule has 1 aromatic carbocycles. The highest BCUT2D eigenvalue weighted by atomic mass is 32.3. The highest BCUT2D eigenvalue weighted by Gasteiger charge is 2.03. The van der Waals surface area contributed by atoms with Crippen molar-refractivity contribution in [2.24, 2.45) is 0 Å². The molecular formula is C9H13NO4S. The lowest BCUT2D eigenvalue weighted by atomic mass is 10.1. The summed E-state index contributed by atoms with van der Waals surface area (Å²) in [5.41, 5.74) is 7.23. The van der Waals surface area contributed by atoms with E-state index in [1.165, 1.54) is 0 Å². The summed E-state index contributed by atoms with van der Waals surface area (Å²) in [4.78, 5) is 0. The largest absolute Gasteiger partial charge is 0.399 e. The lowest BCUT2D eigenvalue weighted by Crippen LogP contribution is -2.05. The number of nitrogens with two attached hydrogens (primary N) is 1. The van der Waals surface area contributed by atoms with Gasteiger partial charge in [-0.3, -0.25) is 4.55 Å². The molecule has 6 heteroatoms. The molecule has 1 aromatic rings. The van der Waals surface area contributed by atoms with Gasteiger partial charge in [-0.05, 0) is 30.5 Å². The zero-order chi connectivity index (χ0) is 11.3. The summed E-state index contributed by atoms with van der Waals surface area (Å²) in [5, 5.41) is 0. The lowest BCUT2D eigenvalue weighted by Gasteiger charge is -2.01. The molecule has 0 aliphatic heterocycles. The van der Waals surface area contributed by atoms with Gasteiger partial charge in [-0.15, -0.1) is 0 Å². The molecule has 0 bridgehead atoms. The van der Waals surface area contributed by atoms with Crippen molar-refractivity contribution in [1.82, 2.24) is 0 Å². The van der Waals surface area contributed by atoms with Gasteiger partial charge in [-0.1, -0.05) is 12.1 Å². The molecule has 0 amide bonds. The van der Waals surface area contributed by atoms with E-state index < -0.39 is 10.4 Å². The second-order valence-electron chi connectivity index (χ2n) is 3.09. The Bertz CT molecular complexity index is 399. The van der Waals surface area contributed by atoms with Gasteiger partial charge in [0, 0.05) is 5.69 Å². The molecule has 0 saturated heterocycles. The van der Waals surface area contributed by atoms with E-state index in [0.717, 1.165) is 5.56 Å². The summed E-state index contributed by atoms with van der Waals surface area (Å²) in [6.07, 6.45) is 1.19. The Morgan fingerprint density at radius 2 is 1.87 bits per heavy atom. The summed E-state index contributed by atoms with van der Waals surface area (Å²) in [7, 11) is -4.31. The molecule has 0 saturated carbocycles. The van der Waals surface area contributed by atoms with E-state index in [0.29, 0.717) is 18.5 Å². The average Bonchev–Trinajstić information content (AvgIpc) is 2.14. The van der Waals surface area contributed by atoms with Crippen LogP contribution >= 0.6 is 0 Å². The van der Waals surface area contributed by atoms with E-state index in [1.54, 1.807) is 12.1 Å². The van der Waals surface area contributed by atoms with E-state index in [9.17, 15) is 8.42 Å². The summed E-state index contributed by atoms with van der Waals surface area (Å²) in [6.45, 7) is -0.0246. The molecule has 0 aliphatic carbocycles. The van der Waals surface area contributed by atoms with Crippen molar-refractivity contribution in [3.63, 3.8) is 0 Å². The van der Waals surface area contributed by atoms with Gasteiger partial charge in [0.25, 0.3) is 0 Å². The second kappa shape index (κ2) is 5.11. The Hall–Kier alpha value is -1.11. The predicted octanol–water partition coefficient (Wildman–Crippen LogP) is 1.02. The van der Waals surface area contributed by atoms with Gasteiger partial charge in [-0.25, -0.2) is 4.18 Å². The molecule has 1 rings (SSSR count). The van der Waals surface area contributed by atoms with Crippen LogP contribution in [0.25, 0.3) is 0 Å². The Morgan fingerprint density at radius 3 is 2.40 bits per heavy atom. The molecule has 0 fully saturated rings. The van der Waals surface area contributed by atoms with Crippen LogP contribution in [0.2, 0.25) is 0 Å². The first-order chi connectivity index (χ1) is 6.97. The van der Waals surface area contributed by atoms with Crippen molar-refractivity contribution in [3.05, 3.63) is 29.8 Å². The Balaban J connectivity index is 2.29. The fourth-order valence-electron chi connectivity index (χ4n) is 1.12. The summed E-state index contributed by atoms with van der Waals surface area (Å²) < 4.78 is 32.9. The number of aryl methyl sites for hydroxylation is 1. The quantitative estimate of drug-likeness (QED) is 0.448. The number of rotatable bonds is 5. The first kappa shape index (κ1) is 12.0. The number of hydrogen-bond acceptors (Lipinski definition) is 4. The summed E-state index contributed by atoms with van der Waals surface area (Å²) in [6, 6.07) is 7.28. The van der Waals surface area contributed by atoms with Crippen molar-refractivity contribution >= 4 is 16.1 Å². The Kier molecular flexibility index (Phi) is 4.07. The minimum atomic E-state index is -4.31. The van der Waals surface area contributed by atoms with Crippen LogP contribution in [-0.2, 0) is 21.0 Å². The number of nitrogen functional groups attached to an aromatic ring is 1. The van der Waals surface area contributed by atoms with Crippen molar-refractivity contribution < 1.29 is 17.2 Å². The maximum absolute atomic E-state index is 10.2. The number of anilines is 1. The molecule has 84 valence electrons. The summed E-state index contributed by atoms with van der Waals surface area (Å²) >= 11 is 0. The average molecular weight is 231 g/mol. The maximum Gasteiger partial charge on any atom is 0.397 e. The van der Waals surface area contributed by atoms with Gasteiger partial charge in [0.2, 0.25) is 0 Å². The predicted molar refractivity (Wildman–Crippen MR) is 56.7 cm³/mol. The van der Waals surface area contributed by atoms with Crippen LogP contribution in [-0.4, -0.2) is 19.6 Å². The smallest absolute Gasteiger partial charge is 0.397 e. The first-order valence-corrected chi connectivity index (χ1v) is 5.80. The molecule has 3 N–H and O–H groups in total. The molecule has 0 unspecified atom stereocenters. The lowest BCUT2D eigenvalue weighted by molar-refractivity contribution is 0.265. The fraction of sp³-hybridized carbons (Fsp3) is 0.333. The van der Waals surface area contributed by atoms with Crippen molar-refractivity contribution in [2.75, 3.05) is 12.3 Å². The van der Waals surface area contributed by atoms with Gasteiger partial charge in [0.1, 0.15) is 0 Å². The van der Waals surface area contributed by atoms with Crippen LogP contribution in [0.4, 0.5) is 5.69 Å². The minimum absolute atomic E-state index is 0.0246. The van der Waals surface area contributed by atoms with E-state index in [4.69, 9.17) is 10.3 Å². The van der Waals surface area contributed by atoms with Crippen molar-refractivity contribution in [1.29, 1.82) is 0 Å². The second-order valence-corrected chi connectivity index (χ2v) is 4.19. The monoisotopic (exact) mass is 231 g/mol. The maximum atomic E-state index is 10.2. The van der Waals surface area contributed by atoms with Crippen LogP contribution < -0.4 is 5.73 Å². The molecule has 0 aromatic heterocycles. The molecule has 0 radical (unpaired) electrons. The van der Waals surface area contributed by atoms with Crippen molar-refractivity contribution in [3.8, 4) is 0 Å². The molecule has 0 spiro atoms. The number of benzene rings is 1. The third kappa shape index (κ3) is 5.36. The normalized spacial score (nSPS) is 11.5. The van der Waals surface area contributed by atoms with Gasteiger partial charge >= 0.3 is 10.4 Å². The van der Waals surface area contributed by atoms with Crippen LogP contribution in [0.3, 0.4) is 0 Å².